The average Bonchev–Trinajstić information content (AvgIpc) is 3.04. The second kappa shape index (κ2) is 8.78. The standard InChI is InChI=1S/C27H46N2O2/c1-18(2)8-6-9-19(3)21-13-14-22-20-11-12-24-25(28-29(30)31)10-7-16-26(24,4)23(20)15-17-27(21,22)5/h18-24H,6-17H2,1-5H3/b28-25+/t19-,20+,21+,22-,23+,24+,26-,27+/m1/s1. The SMILES string of the molecule is CC(C)CCC[C@@H](C)[C@@H]1CC[C@@H]2[C@@H]3CC[C@H]4/C(=N/[N+](=O)[O-])CCC[C@]4(C)[C@H]3CC[C@]21C. The molecule has 176 valence electrons. The fraction of sp³-hybridized carbons (Fsp3) is 0.963. The van der Waals surface area contributed by atoms with Gasteiger partial charge in [0.05, 0.1) is 10.8 Å². The quantitative estimate of drug-likeness (QED) is 0.319. The zero-order valence-electron chi connectivity index (χ0n) is 20.7. The van der Waals surface area contributed by atoms with Gasteiger partial charge in [0, 0.05) is 5.92 Å². The molecule has 4 aliphatic carbocycles. The monoisotopic (exact) mass is 430 g/mol. The molecule has 4 aliphatic rings. The first-order chi connectivity index (χ1) is 14.7. The summed E-state index contributed by atoms with van der Waals surface area (Å²) < 4.78 is 0. The van der Waals surface area contributed by atoms with E-state index in [4.69, 9.17) is 0 Å². The Hall–Kier alpha value is -0.930. The summed E-state index contributed by atoms with van der Waals surface area (Å²) >= 11 is 0. The van der Waals surface area contributed by atoms with E-state index in [1.165, 1.54) is 57.8 Å². The lowest BCUT2D eigenvalue weighted by atomic mass is 9.44. The summed E-state index contributed by atoms with van der Waals surface area (Å²) in [6, 6.07) is 0. The summed E-state index contributed by atoms with van der Waals surface area (Å²) in [6.45, 7) is 12.4. The van der Waals surface area contributed by atoms with Crippen LogP contribution in [0.1, 0.15) is 112 Å². The van der Waals surface area contributed by atoms with Crippen molar-refractivity contribution in [2.24, 2.45) is 57.4 Å². The van der Waals surface area contributed by atoms with Gasteiger partial charge in [-0.2, -0.15) is 0 Å². The Bertz CT molecular complexity index is 703. The molecule has 4 heteroatoms. The smallest absolute Gasteiger partial charge is 0.190 e. The van der Waals surface area contributed by atoms with Gasteiger partial charge in [-0.15, -0.1) is 0 Å². The van der Waals surface area contributed by atoms with E-state index < -0.39 is 5.03 Å². The molecule has 0 saturated heterocycles. The van der Waals surface area contributed by atoms with Crippen LogP contribution in [0, 0.1) is 62.4 Å². The van der Waals surface area contributed by atoms with Crippen LogP contribution in [-0.4, -0.2) is 10.7 Å². The first-order valence-corrected chi connectivity index (χ1v) is 13.4. The minimum absolute atomic E-state index is 0.234. The lowest BCUT2D eigenvalue weighted by Gasteiger charge is -2.60. The normalized spacial score (nSPS) is 44.6. The van der Waals surface area contributed by atoms with E-state index in [1.54, 1.807) is 0 Å². The third kappa shape index (κ3) is 4.10. The highest BCUT2D eigenvalue weighted by molar-refractivity contribution is 5.87. The third-order valence-electron chi connectivity index (χ3n) is 10.8. The molecule has 0 heterocycles. The molecule has 4 fully saturated rings. The molecule has 0 unspecified atom stereocenters. The maximum absolute atomic E-state index is 11.2. The van der Waals surface area contributed by atoms with Gasteiger partial charge in [0.1, 0.15) is 0 Å². The topological polar surface area (TPSA) is 55.5 Å². The Morgan fingerprint density at radius 2 is 1.74 bits per heavy atom. The van der Waals surface area contributed by atoms with E-state index in [1.807, 2.05) is 0 Å². The molecular formula is C27H46N2O2. The molecule has 0 aromatic rings. The van der Waals surface area contributed by atoms with Crippen molar-refractivity contribution < 1.29 is 5.03 Å². The molecule has 0 aromatic heterocycles. The molecular weight excluding hydrogens is 384 g/mol. The predicted molar refractivity (Wildman–Crippen MR) is 127 cm³/mol. The van der Waals surface area contributed by atoms with Crippen molar-refractivity contribution in [3.63, 3.8) is 0 Å². The fourth-order valence-electron chi connectivity index (χ4n) is 9.44. The molecule has 0 aliphatic heterocycles. The molecule has 4 nitrogen and oxygen atoms in total. The Labute approximate surface area is 190 Å². The summed E-state index contributed by atoms with van der Waals surface area (Å²) in [5, 5.41) is 14.6. The highest BCUT2D eigenvalue weighted by atomic mass is 16.7. The van der Waals surface area contributed by atoms with Crippen LogP contribution in [-0.2, 0) is 0 Å². The first-order valence-electron chi connectivity index (χ1n) is 13.4. The van der Waals surface area contributed by atoms with Gasteiger partial charge in [-0.05, 0) is 104 Å². The summed E-state index contributed by atoms with van der Waals surface area (Å²) in [5.41, 5.74) is 1.67. The van der Waals surface area contributed by atoms with Gasteiger partial charge in [0.25, 0.3) is 0 Å². The van der Waals surface area contributed by atoms with E-state index in [2.05, 4.69) is 39.7 Å². The van der Waals surface area contributed by atoms with Crippen molar-refractivity contribution in [2.45, 2.75) is 112 Å². The Kier molecular flexibility index (Phi) is 6.58. The number of hydrazone groups is 1. The van der Waals surface area contributed by atoms with Gasteiger partial charge < -0.3 is 0 Å². The lowest BCUT2D eigenvalue weighted by molar-refractivity contribution is -0.485. The highest BCUT2D eigenvalue weighted by Crippen LogP contribution is 2.68. The number of hydrogen-bond donors (Lipinski definition) is 0. The zero-order chi connectivity index (χ0) is 22.4. The van der Waals surface area contributed by atoms with Crippen LogP contribution in [0.2, 0.25) is 0 Å². The van der Waals surface area contributed by atoms with E-state index in [0.717, 1.165) is 60.5 Å². The number of hydrogen-bond acceptors (Lipinski definition) is 2. The van der Waals surface area contributed by atoms with E-state index >= 15 is 0 Å². The van der Waals surface area contributed by atoms with Gasteiger partial charge in [-0.25, -0.2) is 10.1 Å². The maximum atomic E-state index is 11.2. The summed E-state index contributed by atoms with van der Waals surface area (Å²) in [7, 11) is 0. The van der Waals surface area contributed by atoms with Crippen LogP contribution in [0.4, 0.5) is 0 Å². The van der Waals surface area contributed by atoms with Crippen LogP contribution < -0.4 is 0 Å². The van der Waals surface area contributed by atoms with Gasteiger partial charge in [-0.1, -0.05) is 53.9 Å². The minimum Gasteiger partial charge on any atom is -0.233 e. The minimum atomic E-state index is -0.437. The highest BCUT2D eigenvalue weighted by Gasteiger charge is 2.61. The van der Waals surface area contributed by atoms with Crippen LogP contribution in [0.15, 0.2) is 5.10 Å². The van der Waals surface area contributed by atoms with Crippen molar-refractivity contribution in [1.82, 2.24) is 0 Å². The Morgan fingerprint density at radius 1 is 1.00 bits per heavy atom. The van der Waals surface area contributed by atoms with Crippen LogP contribution >= 0.6 is 0 Å². The Balaban J connectivity index is 1.50. The molecule has 0 amide bonds. The van der Waals surface area contributed by atoms with Crippen molar-refractivity contribution in [1.29, 1.82) is 0 Å². The molecule has 8 atom stereocenters. The number of rotatable bonds is 6. The molecule has 0 spiro atoms. The van der Waals surface area contributed by atoms with E-state index in [-0.39, 0.29) is 5.41 Å². The lowest BCUT2D eigenvalue weighted by Crippen LogP contribution is -2.55. The van der Waals surface area contributed by atoms with Crippen molar-refractivity contribution in [3.8, 4) is 0 Å². The largest absolute Gasteiger partial charge is 0.233 e. The van der Waals surface area contributed by atoms with Crippen LogP contribution in [0.5, 0.6) is 0 Å². The second-order valence-electron chi connectivity index (χ2n) is 12.7. The van der Waals surface area contributed by atoms with E-state index in [0.29, 0.717) is 11.3 Å². The van der Waals surface area contributed by atoms with Gasteiger partial charge in [0.15, 0.2) is 5.03 Å². The molecule has 31 heavy (non-hydrogen) atoms. The van der Waals surface area contributed by atoms with Gasteiger partial charge >= 0.3 is 0 Å². The zero-order valence-corrected chi connectivity index (χ0v) is 20.7. The van der Waals surface area contributed by atoms with Crippen LogP contribution in [0.25, 0.3) is 0 Å². The van der Waals surface area contributed by atoms with Crippen molar-refractivity contribution in [3.05, 3.63) is 10.1 Å². The Morgan fingerprint density at radius 3 is 2.45 bits per heavy atom. The number of nitrogens with zero attached hydrogens (tertiary/aromatic N) is 2. The van der Waals surface area contributed by atoms with Crippen molar-refractivity contribution in [2.75, 3.05) is 0 Å². The van der Waals surface area contributed by atoms with Gasteiger partial charge in [0.2, 0.25) is 0 Å². The fourth-order valence-corrected chi connectivity index (χ4v) is 9.44. The second-order valence-corrected chi connectivity index (χ2v) is 12.7. The molecule has 4 rings (SSSR count). The number of fused-ring (bicyclic) bond motifs is 5. The molecule has 0 bridgehead atoms. The third-order valence-corrected chi connectivity index (χ3v) is 10.8. The molecule has 0 N–H and O–H groups in total. The van der Waals surface area contributed by atoms with E-state index in [9.17, 15) is 10.1 Å². The average molecular weight is 431 g/mol. The van der Waals surface area contributed by atoms with Crippen LogP contribution in [0.3, 0.4) is 0 Å². The predicted octanol–water partition coefficient (Wildman–Crippen LogP) is 7.74. The maximum Gasteiger partial charge on any atom is 0.190 e. The molecule has 4 saturated carbocycles. The molecule has 0 aromatic carbocycles. The van der Waals surface area contributed by atoms with Gasteiger partial charge in [-0.3, -0.25) is 0 Å². The van der Waals surface area contributed by atoms with Crippen molar-refractivity contribution >= 4 is 5.71 Å². The summed E-state index contributed by atoms with van der Waals surface area (Å²) in [6.07, 6.45) is 15.3. The number of nitro groups is 1. The molecule has 0 radical (unpaired) electrons. The first kappa shape index (κ1) is 23.2. The summed E-state index contributed by atoms with van der Waals surface area (Å²) in [4.78, 5) is 11.2. The summed E-state index contributed by atoms with van der Waals surface area (Å²) in [5.74, 6) is 5.38.